The Kier molecular flexibility index (Phi) is 7.67. The number of hydrogen-bond acceptors (Lipinski definition) is 4. The Labute approximate surface area is 312 Å². The van der Waals surface area contributed by atoms with Gasteiger partial charge in [0.1, 0.15) is 5.01 Å². The van der Waals surface area contributed by atoms with Gasteiger partial charge in [-0.25, -0.2) is 4.98 Å². The zero-order chi connectivity index (χ0) is 35.1. The van der Waals surface area contributed by atoms with Crippen molar-refractivity contribution < 1.29 is 0 Å². The van der Waals surface area contributed by atoms with Crippen LogP contribution in [0.2, 0.25) is 0 Å². The first-order chi connectivity index (χ1) is 26.3. The summed E-state index contributed by atoms with van der Waals surface area (Å²) in [5.74, 6) is 0. The second-order valence-corrected chi connectivity index (χ2v) is 14.2. The van der Waals surface area contributed by atoms with Gasteiger partial charge in [-0.1, -0.05) is 127 Å². The van der Waals surface area contributed by atoms with Crippen LogP contribution in [-0.4, -0.2) is 4.98 Å². The minimum absolute atomic E-state index is 1.02. The van der Waals surface area contributed by atoms with E-state index in [9.17, 15) is 0 Å². The number of nitrogens with zero attached hydrogens (tertiary/aromatic N) is 3. The summed E-state index contributed by atoms with van der Waals surface area (Å²) in [6, 6.07) is 71.4. The second kappa shape index (κ2) is 13.1. The molecule has 0 aliphatic rings. The monoisotopic (exact) mass is 695 g/mol. The van der Waals surface area contributed by atoms with Gasteiger partial charge in [0.25, 0.3) is 0 Å². The van der Waals surface area contributed by atoms with Crippen LogP contribution in [0.1, 0.15) is 0 Å². The summed E-state index contributed by atoms with van der Waals surface area (Å²) in [4.78, 5) is 9.95. The molecule has 0 radical (unpaired) electrons. The van der Waals surface area contributed by atoms with Crippen LogP contribution in [-0.2, 0) is 0 Å². The molecule has 0 bridgehead atoms. The summed E-state index contributed by atoms with van der Waals surface area (Å²) in [5.41, 5.74) is 8.73. The average molecular weight is 696 g/mol. The van der Waals surface area contributed by atoms with Crippen molar-refractivity contribution >= 4 is 88.0 Å². The molecule has 0 saturated carbocycles. The van der Waals surface area contributed by atoms with Crippen LogP contribution in [0.3, 0.4) is 0 Å². The van der Waals surface area contributed by atoms with Gasteiger partial charge in [0.05, 0.1) is 15.9 Å². The fourth-order valence-electron chi connectivity index (χ4n) is 7.61. The molecule has 0 unspecified atom stereocenters. The van der Waals surface area contributed by atoms with Crippen molar-refractivity contribution in [2.45, 2.75) is 0 Å². The summed E-state index contributed by atoms with van der Waals surface area (Å²) in [6.07, 6.45) is 0. The highest BCUT2D eigenvalue weighted by Crippen LogP contribution is 2.44. The Morgan fingerprint density at radius 3 is 1.57 bits per heavy atom. The quantitative estimate of drug-likeness (QED) is 0.155. The normalized spacial score (nSPS) is 11.4. The standard InChI is InChI=1S/C49H33N3S/c1-3-17-36(18-4-1)51(39-21-14-22-40(33-39)52(37-19-5-2-6-20-37)46-28-13-16-34-15-7-8-23-41(34)46)38-31-29-35(30-32-38)49-50-47-44-26-11-9-24-42(44)43-25-10-12-27-45(43)48(47)53-49/h1-33H. The zero-order valence-electron chi connectivity index (χ0n) is 28.8. The molecule has 0 atom stereocenters. The van der Waals surface area contributed by atoms with Gasteiger partial charge in [0.15, 0.2) is 0 Å². The molecule has 1 aromatic heterocycles. The zero-order valence-corrected chi connectivity index (χ0v) is 29.6. The number of anilines is 6. The number of fused-ring (bicyclic) bond motifs is 7. The SMILES string of the molecule is c1ccc(N(c2ccc(-c3nc4c5ccccc5c5ccccc5c4s3)cc2)c2cccc(N(c3ccccc3)c3cccc4ccccc34)c2)cc1. The topological polar surface area (TPSA) is 19.4 Å². The smallest absolute Gasteiger partial charge is 0.124 e. The minimum Gasteiger partial charge on any atom is -0.310 e. The van der Waals surface area contributed by atoms with E-state index in [0.717, 1.165) is 50.2 Å². The maximum absolute atomic E-state index is 5.26. The highest BCUT2D eigenvalue weighted by molar-refractivity contribution is 7.22. The van der Waals surface area contributed by atoms with E-state index in [1.165, 1.54) is 37.0 Å². The van der Waals surface area contributed by atoms with Crippen LogP contribution in [0.4, 0.5) is 34.1 Å². The largest absolute Gasteiger partial charge is 0.310 e. The lowest BCUT2D eigenvalue weighted by Crippen LogP contribution is -2.13. The lowest BCUT2D eigenvalue weighted by molar-refractivity contribution is 1.25. The molecule has 10 aromatic rings. The first kappa shape index (κ1) is 31.0. The van der Waals surface area contributed by atoms with Crippen LogP contribution >= 0.6 is 11.3 Å². The van der Waals surface area contributed by atoms with Crippen LogP contribution < -0.4 is 9.80 Å². The van der Waals surface area contributed by atoms with Crippen molar-refractivity contribution in [3.8, 4) is 10.6 Å². The first-order valence-corrected chi connectivity index (χ1v) is 18.7. The van der Waals surface area contributed by atoms with Gasteiger partial charge in [0, 0.05) is 50.2 Å². The van der Waals surface area contributed by atoms with Gasteiger partial charge in [-0.15, -0.1) is 11.3 Å². The Morgan fingerprint density at radius 2 is 0.849 bits per heavy atom. The third-order valence-electron chi connectivity index (χ3n) is 10.0. The molecule has 0 spiro atoms. The lowest BCUT2D eigenvalue weighted by atomic mass is 10.0. The van der Waals surface area contributed by atoms with Gasteiger partial charge in [-0.05, 0) is 89.0 Å². The van der Waals surface area contributed by atoms with Crippen LogP contribution in [0.15, 0.2) is 200 Å². The van der Waals surface area contributed by atoms with E-state index in [0.29, 0.717) is 0 Å². The second-order valence-electron chi connectivity index (χ2n) is 13.2. The summed E-state index contributed by atoms with van der Waals surface area (Å²) in [5, 5.41) is 8.41. The van der Waals surface area contributed by atoms with Crippen LogP contribution in [0.5, 0.6) is 0 Å². The fraction of sp³-hybridized carbons (Fsp3) is 0. The predicted octanol–water partition coefficient (Wildman–Crippen LogP) is 14.4. The van der Waals surface area contributed by atoms with Crippen molar-refractivity contribution in [3.05, 3.63) is 200 Å². The van der Waals surface area contributed by atoms with Crippen LogP contribution in [0, 0.1) is 0 Å². The van der Waals surface area contributed by atoms with E-state index < -0.39 is 0 Å². The maximum atomic E-state index is 5.26. The molecular formula is C49H33N3S. The number of rotatable bonds is 7. The third-order valence-corrected chi connectivity index (χ3v) is 11.2. The minimum atomic E-state index is 1.02. The lowest BCUT2D eigenvalue weighted by Gasteiger charge is -2.30. The number of aromatic nitrogens is 1. The molecule has 0 N–H and O–H groups in total. The van der Waals surface area contributed by atoms with Gasteiger partial charge in [0.2, 0.25) is 0 Å². The van der Waals surface area contributed by atoms with E-state index in [1.54, 1.807) is 11.3 Å². The Bertz CT molecular complexity index is 2820. The third kappa shape index (κ3) is 5.48. The van der Waals surface area contributed by atoms with E-state index in [-0.39, 0.29) is 0 Å². The number of hydrogen-bond donors (Lipinski definition) is 0. The van der Waals surface area contributed by atoms with Gasteiger partial charge in [-0.3, -0.25) is 0 Å². The molecule has 0 amide bonds. The molecule has 53 heavy (non-hydrogen) atoms. The molecule has 9 aromatic carbocycles. The first-order valence-electron chi connectivity index (χ1n) is 17.9. The molecule has 4 heteroatoms. The summed E-state index contributed by atoms with van der Waals surface area (Å²) < 4.78 is 1.23. The van der Waals surface area contributed by atoms with Crippen molar-refractivity contribution in [2.24, 2.45) is 0 Å². The summed E-state index contributed by atoms with van der Waals surface area (Å²) in [7, 11) is 0. The van der Waals surface area contributed by atoms with Gasteiger partial charge < -0.3 is 9.80 Å². The van der Waals surface area contributed by atoms with Crippen molar-refractivity contribution in [1.29, 1.82) is 0 Å². The van der Waals surface area contributed by atoms with Crippen molar-refractivity contribution in [2.75, 3.05) is 9.80 Å². The fourth-order valence-corrected chi connectivity index (χ4v) is 8.73. The van der Waals surface area contributed by atoms with E-state index >= 15 is 0 Å². The Hall–Kier alpha value is -6.75. The Morgan fingerprint density at radius 1 is 0.358 bits per heavy atom. The van der Waals surface area contributed by atoms with E-state index in [1.807, 2.05) is 0 Å². The maximum Gasteiger partial charge on any atom is 0.124 e. The Balaban J connectivity index is 1.08. The predicted molar refractivity (Wildman–Crippen MR) is 227 cm³/mol. The molecule has 0 aliphatic carbocycles. The summed E-state index contributed by atoms with van der Waals surface area (Å²) >= 11 is 1.77. The van der Waals surface area contributed by atoms with Crippen molar-refractivity contribution in [3.63, 3.8) is 0 Å². The van der Waals surface area contributed by atoms with Gasteiger partial charge >= 0.3 is 0 Å². The molecular weight excluding hydrogens is 663 g/mol. The summed E-state index contributed by atoms with van der Waals surface area (Å²) in [6.45, 7) is 0. The van der Waals surface area contributed by atoms with E-state index in [2.05, 4.69) is 210 Å². The molecule has 0 aliphatic heterocycles. The molecule has 250 valence electrons. The molecule has 10 rings (SSSR count). The number of thiazole rings is 1. The molecule has 1 heterocycles. The molecule has 0 saturated heterocycles. The highest BCUT2D eigenvalue weighted by Gasteiger charge is 2.19. The van der Waals surface area contributed by atoms with Crippen LogP contribution in [0.25, 0.3) is 53.1 Å². The highest BCUT2D eigenvalue weighted by atomic mass is 32.1. The van der Waals surface area contributed by atoms with E-state index in [4.69, 9.17) is 4.98 Å². The molecule has 3 nitrogen and oxygen atoms in total. The number of para-hydroxylation sites is 2. The average Bonchev–Trinajstić information content (AvgIpc) is 3.69. The van der Waals surface area contributed by atoms with Crippen molar-refractivity contribution in [1.82, 2.24) is 4.98 Å². The van der Waals surface area contributed by atoms with Gasteiger partial charge in [-0.2, -0.15) is 0 Å². The molecule has 0 fully saturated rings. The number of benzene rings is 9.